The minimum atomic E-state index is -0.0964. The highest BCUT2D eigenvalue weighted by atomic mass is 16.1. The van der Waals surface area contributed by atoms with Crippen LogP contribution in [0.3, 0.4) is 0 Å². The molecule has 1 aromatic rings. The van der Waals surface area contributed by atoms with Crippen LogP contribution in [0, 0.1) is 11.3 Å². The molecule has 0 saturated carbocycles. The molecule has 0 aromatic heterocycles. The first-order chi connectivity index (χ1) is 8.84. The molecule has 106 valence electrons. The van der Waals surface area contributed by atoms with E-state index in [1.807, 2.05) is 30.3 Å². The summed E-state index contributed by atoms with van der Waals surface area (Å²) in [6, 6.07) is 9.77. The number of hydrogen-bond acceptors (Lipinski definition) is 2. The van der Waals surface area contributed by atoms with E-state index in [9.17, 15) is 4.79 Å². The fraction of sp³-hybridized carbons (Fsp3) is 0.562. The predicted octanol–water partition coefficient (Wildman–Crippen LogP) is 2.87. The molecule has 2 unspecified atom stereocenters. The maximum absolute atomic E-state index is 12.1. The van der Waals surface area contributed by atoms with Gasteiger partial charge in [-0.3, -0.25) is 4.79 Å². The number of benzene rings is 1. The second-order valence-electron chi connectivity index (χ2n) is 6.24. The van der Waals surface area contributed by atoms with Crippen molar-refractivity contribution in [3.63, 3.8) is 0 Å². The average Bonchev–Trinajstić information content (AvgIpc) is 2.35. The lowest BCUT2D eigenvalue weighted by Gasteiger charge is -2.27. The van der Waals surface area contributed by atoms with Gasteiger partial charge in [-0.15, -0.1) is 0 Å². The van der Waals surface area contributed by atoms with E-state index in [0.717, 1.165) is 5.56 Å². The number of nitrogens with two attached hydrogens (primary N) is 1. The van der Waals surface area contributed by atoms with Gasteiger partial charge in [-0.05, 0) is 16.9 Å². The molecule has 0 spiro atoms. The van der Waals surface area contributed by atoms with Crippen LogP contribution >= 0.6 is 0 Å². The van der Waals surface area contributed by atoms with E-state index in [1.54, 1.807) is 0 Å². The lowest BCUT2D eigenvalue weighted by atomic mass is 9.80. The Morgan fingerprint density at radius 1 is 1.26 bits per heavy atom. The number of carbonyl (C=O) groups excluding carboxylic acids is 1. The zero-order chi connectivity index (χ0) is 14.5. The molecular weight excluding hydrogens is 236 g/mol. The minimum absolute atomic E-state index is 0.0710. The maximum atomic E-state index is 12.1. The fourth-order valence-corrected chi connectivity index (χ4v) is 1.80. The van der Waals surface area contributed by atoms with E-state index in [2.05, 4.69) is 33.0 Å². The van der Waals surface area contributed by atoms with Gasteiger partial charge >= 0.3 is 0 Å². The highest BCUT2D eigenvalue weighted by Gasteiger charge is 2.23. The molecule has 3 nitrogen and oxygen atoms in total. The van der Waals surface area contributed by atoms with Crippen molar-refractivity contribution in [3.05, 3.63) is 35.9 Å². The number of nitrogens with one attached hydrogen (secondary N) is 1. The maximum Gasteiger partial charge on any atom is 0.220 e. The van der Waals surface area contributed by atoms with Crippen LogP contribution < -0.4 is 11.1 Å². The minimum Gasteiger partial charge on any atom is -0.348 e. The summed E-state index contributed by atoms with van der Waals surface area (Å²) >= 11 is 0. The van der Waals surface area contributed by atoms with Crippen molar-refractivity contribution in [1.29, 1.82) is 0 Å². The van der Waals surface area contributed by atoms with E-state index in [-0.39, 0.29) is 17.4 Å². The van der Waals surface area contributed by atoms with Crippen molar-refractivity contribution in [3.8, 4) is 0 Å². The molecule has 0 heterocycles. The summed E-state index contributed by atoms with van der Waals surface area (Å²) in [5.41, 5.74) is 6.95. The Morgan fingerprint density at radius 3 is 2.32 bits per heavy atom. The van der Waals surface area contributed by atoms with E-state index < -0.39 is 0 Å². The summed E-state index contributed by atoms with van der Waals surface area (Å²) in [7, 11) is 0. The van der Waals surface area contributed by atoms with E-state index in [4.69, 9.17) is 5.73 Å². The molecule has 1 aromatic carbocycles. The third kappa shape index (κ3) is 5.03. The van der Waals surface area contributed by atoms with Gasteiger partial charge in [0.25, 0.3) is 0 Å². The first-order valence-electron chi connectivity index (χ1n) is 6.89. The molecule has 0 aliphatic carbocycles. The van der Waals surface area contributed by atoms with Crippen molar-refractivity contribution in [1.82, 2.24) is 5.32 Å². The van der Waals surface area contributed by atoms with Gasteiger partial charge < -0.3 is 11.1 Å². The van der Waals surface area contributed by atoms with Gasteiger partial charge in [-0.25, -0.2) is 0 Å². The first-order valence-corrected chi connectivity index (χ1v) is 6.89. The lowest BCUT2D eigenvalue weighted by Crippen LogP contribution is -2.35. The van der Waals surface area contributed by atoms with Crippen molar-refractivity contribution >= 4 is 5.91 Å². The molecule has 3 heteroatoms. The molecule has 0 bridgehead atoms. The molecule has 0 fully saturated rings. The Hall–Kier alpha value is -1.35. The van der Waals surface area contributed by atoms with Crippen LogP contribution in [0.15, 0.2) is 30.3 Å². The quantitative estimate of drug-likeness (QED) is 0.857. The van der Waals surface area contributed by atoms with Crippen LogP contribution in [-0.2, 0) is 4.79 Å². The van der Waals surface area contributed by atoms with Gasteiger partial charge in [-0.2, -0.15) is 0 Å². The number of amides is 1. The van der Waals surface area contributed by atoms with Crippen LogP contribution in [0.5, 0.6) is 0 Å². The van der Waals surface area contributed by atoms with E-state index in [1.165, 1.54) is 0 Å². The molecule has 1 amide bonds. The average molecular weight is 262 g/mol. The fourth-order valence-electron chi connectivity index (χ4n) is 1.80. The summed E-state index contributed by atoms with van der Waals surface area (Å²) in [6.07, 6.45) is 0.535. The van der Waals surface area contributed by atoms with E-state index >= 15 is 0 Å². The predicted molar refractivity (Wildman–Crippen MR) is 79.6 cm³/mol. The molecule has 3 N–H and O–H groups in total. The summed E-state index contributed by atoms with van der Waals surface area (Å²) in [6.45, 7) is 8.99. The Morgan fingerprint density at radius 2 is 1.84 bits per heavy atom. The van der Waals surface area contributed by atoms with Gasteiger partial charge in [0, 0.05) is 13.0 Å². The van der Waals surface area contributed by atoms with Crippen molar-refractivity contribution in [2.24, 2.45) is 17.1 Å². The number of rotatable bonds is 5. The van der Waals surface area contributed by atoms with Gasteiger partial charge in [0.2, 0.25) is 5.91 Å². The smallest absolute Gasteiger partial charge is 0.220 e. The van der Waals surface area contributed by atoms with Crippen molar-refractivity contribution in [2.45, 2.75) is 40.2 Å². The van der Waals surface area contributed by atoms with Crippen LogP contribution in [-0.4, -0.2) is 12.5 Å². The topological polar surface area (TPSA) is 55.1 Å². The van der Waals surface area contributed by atoms with Gasteiger partial charge in [0.1, 0.15) is 0 Å². The zero-order valence-electron chi connectivity index (χ0n) is 12.4. The van der Waals surface area contributed by atoms with Crippen LogP contribution in [0.2, 0.25) is 0 Å². The van der Waals surface area contributed by atoms with Crippen LogP contribution in [0.25, 0.3) is 0 Å². The third-order valence-corrected chi connectivity index (χ3v) is 3.74. The van der Waals surface area contributed by atoms with Crippen molar-refractivity contribution in [2.75, 3.05) is 6.54 Å². The molecule has 0 radical (unpaired) electrons. The molecular formula is C16H26N2O. The highest BCUT2D eigenvalue weighted by molar-refractivity contribution is 5.76. The second kappa shape index (κ2) is 6.71. The molecule has 2 atom stereocenters. The lowest BCUT2D eigenvalue weighted by molar-refractivity contribution is -0.123. The molecule has 19 heavy (non-hydrogen) atoms. The number of hydrogen-bond donors (Lipinski definition) is 2. The Kier molecular flexibility index (Phi) is 5.55. The van der Waals surface area contributed by atoms with Crippen LogP contribution in [0.4, 0.5) is 0 Å². The molecule has 1 rings (SSSR count). The monoisotopic (exact) mass is 262 g/mol. The van der Waals surface area contributed by atoms with Crippen LogP contribution in [0.1, 0.15) is 45.7 Å². The Labute approximate surface area is 116 Å². The molecule has 0 saturated heterocycles. The summed E-state index contributed by atoms with van der Waals surface area (Å²) in [4.78, 5) is 12.1. The summed E-state index contributed by atoms with van der Waals surface area (Å²) in [5.74, 6) is 0.406. The Balaban J connectivity index is 2.60. The SMILES string of the molecule is CC(CC(=O)NC(CN)c1ccccc1)C(C)(C)C. The van der Waals surface area contributed by atoms with E-state index in [0.29, 0.717) is 18.9 Å². The Bertz CT molecular complexity index is 395. The molecule has 0 aliphatic heterocycles. The third-order valence-electron chi connectivity index (χ3n) is 3.74. The first kappa shape index (κ1) is 15.7. The largest absolute Gasteiger partial charge is 0.348 e. The second-order valence-corrected chi connectivity index (χ2v) is 6.24. The standard InChI is InChI=1S/C16H26N2O/c1-12(16(2,3)4)10-15(19)18-14(11-17)13-8-6-5-7-9-13/h5-9,12,14H,10-11,17H2,1-4H3,(H,18,19). The van der Waals surface area contributed by atoms with Crippen molar-refractivity contribution < 1.29 is 4.79 Å². The number of carbonyl (C=O) groups is 1. The normalized spacial score (nSPS) is 14.8. The summed E-state index contributed by atoms with van der Waals surface area (Å²) < 4.78 is 0. The molecule has 0 aliphatic rings. The van der Waals surface area contributed by atoms with Gasteiger partial charge in [0.05, 0.1) is 6.04 Å². The summed E-state index contributed by atoms with van der Waals surface area (Å²) in [5, 5.41) is 3.02. The highest BCUT2D eigenvalue weighted by Crippen LogP contribution is 2.28. The zero-order valence-corrected chi connectivity index (χ0v) is 12.4. The van der Waals surface area contributed by atoms with Gasteiger partial charge in [0.15, 0.2) is 0 Å². The van der Waals surface area contributed by atoms with Gasteiger partial charge in [-0.1, -0.05) is 58.0 Å².